The number of carbonyl (C=O) groups excluding carboxylic acids is 2. The van der Waals surface area contributed by atoms with Crippen molar-refractivity contribution in [1.29, 1.82) is 0 Å². The largest absolute Gasteiger partial charge is 0.467 e. The highest BCUT2D eigenvalue weighted by atomic mass is 16.6. The van der Waals surface area contributed by atoms with Gasteiger partial charge in [0.1, 0.15) is 5.60 Å². The van der Waals surface area contributed by atoms with Gasteiger partial charge < -0.3 is 24.2 Å². The molecule has 0 aliphatic carbocycles. The molecule has 1 fully saturated rings. The second-order valence-corrected chi connectivity index (χ2v) is 7.45. The number of aliphatic hydroxyl groups is 1. The molecule has 0 aromatic rings. The highest BCUT2D eigenvalue weighted by Gasteiger charge is 2.33. The maximum absolute atomic E-state index is 12.0. The van der Waals surface area contributed by atoms with Crippen molar-refractivity contribution in [1.82, 2.24) is 9.80 Å². The maximum atomic E-state index is 12.0. The Hall–Kier alpha value is -1.38. The number of rotatable bonds is 5. The highest BCUT2D eigenvalue weighted by Crippen LogP contribution is 2.15. The lowest BCUT2D eigenvalue weighted by Crippen LogP contribution is -2.54. The van der Waals surface area contributed by atoms with E-state index in [-0.39, 0.29) is 6.54 Å². The summed E-state index contributed by atoms with van der Waals surface area (Å²) in [7, 11) is 2.90. The van der Waals surface area contributed by atoms with E-state index in [1.807, 2.05) is 4.90 Å². The zero-order valence-corrected chi connectivity index (χ0v) is 15.5. The molecule has 0 radical (unpaired) electrons. The zero-order chi connectivity index (χ0) is 18.5. The molecule has 0 bridgehead atoms. The molecule has 0 aromatic carbocycles. The molecule has 24 heavy (non-hydrogen) atoms. The van der Waals surface area contributed by atoms with Gasteiger partial charge in [0.2, 0.25) is 0 Å². The van der Waals surface area contributed by atoms with Crippen LogP contribution in [0.1, 0.15) is 27.7 Å². The van der Waals surface area contributed by atoms with E-state index in [1.54, 1.807) is 34.7 Å². The van der Waals surface area contributed by atoms with Crippen molar-refractivity contribution in [3.63, 3.8) is 0 Å². The molecule has 0 unspecified atom stereocenters. The molecule has 1 aliphatic heterocycles. The summed E-state index contributed by atoms with van der Waals surface area (Å²) in [5, 5.41) is 10.6. The smallest absolute Gasteiger partial charge is 0.410 e. The number of β-amino-alcohol motifs (C(OH)–C–C–N with tert-alkyl or cyclic N) is 1. The van der Waals surface area contributed by atoms with Crippen LogP contribution in [-0.2, 0) is 19.0 Å². The Labute approximate surface area is 143 Å². The van der Waals surface area contributed by atoms with Crippen LogP contribution in [0.15, 0.2) is 0 Å². The molecule has 8 heteroatoms. The summed E-state index contributed by atoms with van der Waals surface area (Å²) in [4.78, 5) is 26.9. The van der Waals surface area contributed by atoms with Gasteiger partial charge in [-0.1, -0.05) is 0 Å². The third-order valence-corrected chi connectivity index (χ3v) is 3.46. The van der Waals surface area contributed by atoms with Gasteiger partial charge in [-0.05, 0) is 27.7 Å². The number of nitrogens with zero attached hydrogens (tertiary/aromatic N) is 2. The summed E-state index contributed by atoms with van der Waals surface area (Å²) in [5.41, 5.74) is -1.74. The minimum atomic E-state index is -1.15. The molecule has 8 nitrogen and oxygen atoms in total. The van der Waals surface area contributed by atoms with E-state index in [2.05, 4.69) is 4.74 Å². The number of likely N-dealkylation sites (N-methyl/N-ethyl adjacent to an activating group) is 1. The number of morpholine rings is 1. The first-order chi connectivity index (χ1) is 10.9. The van der Waals surface area contributed by atoms with Crippen molar-refractivity contribution < 1.29 is 28.9 Å². The summed E-state index contributed by atoms with van der Waals surface area (Å²) in [6.07, 6.45) is -1.14. The van der Waals surface area contributed by atoms with Crippen molar-refractivity contribution in [2.24, 2.45) is 0 Å². The van der Waals surface area contributed by atoms with Crippen LogP contribution in [0, 0.1) is 0 Å². The lowest BCUT2D eigenvalue weighted by molar-refractivity contribution is -0.161. The van der Waals surface area contributed by atoms with Crippen molar-refractivity contribution >= 4 is 12.1 Å². The minimum Gasteiger partial charge on any atom is -0.467 e. The number of methoxy groups -OCH3 is 1. The van der Waals surface area contributed by atoms with Crippen molar-refractivity contribution in [2.45, 2.75) is 45.0 Å². The number of carbonyl (C=O) groups is 2. The third kappa shape index (κ3) is 7.02. The van der Waals surface area contributed by atoms with E-state index in [9.17, 15) is 14.7 Å². The Balaban J connectivity index is 2.56. The predicted octanol–water partition coefficient (Wildman–Crippen LogP) is 0.478. The quantitative estimate of drug-likeness (QED) is 0.724. The summed E-state index contributed by atoms with van der Waals surface area (Å²) >= 11 is 0. The Morgan fingerprint density at radius 3 is 2.50 bits per heavy atom. The average molecular weight is 346 g/mol. The van der Waals surface area contributed by atoms with E-state index in [1.165, 1.54) is 12.0 Å². The first-order valence-electron chi connectivity index (χ1n) is 8.02. The minimum absolute atomic E-state index is 0.113. The topological polar surface area (TPSA) is 88.5 Å². The fourth-order valence-electron chi connectivity index (χ4n) is 2.57. The number of hydrogen-bond acceptors (Lipinski definition) is 7. The van der Waals surface area contributed by atoms with Gasteiger partial charge in [0.05, 0.1) is 25.9 Å². The number of esters is 1. The van der Waals surface area contributed by atoms with Crippen molar-refractivity contribution in [2.75, 3.05) is 46.9 Å². The molecule has 1 heterocycles. The Bertz CT molecular complexity index is 446. The van der Waals surface area contributed by atoms with Crippen LogP contribution in [-0.4, -0.2) is 91.2 Å². The first kappa shape index (κ1) is 20.7. The molecular weight excluding hydrogens is 316 g/mol. The standard InChI is InChI=1S/C16H30N2O6/c1-15(2,3)24-14(20)17(5)10-16(4,21)11-18-7-8-23-12(9-18)13(19)22-6/h12,21H,7-11H2,1-6H3/t12-,16+/m0/s1. The zero-order valence-electron chi connectivity index (χ0n) is 15.5. The third-order valence-electron chi connectivity index (χ3n) is 3.46. The van der Waals surface area contributed by atoms with Crippen LogP contribution in [0.2, 0.25) is 0 Å². The Morgan fingerprint density at radius 1 is 1.33 bits per heavy atom. The molecule has 0 spiro atoms. The monoisotopic (exact) mass is 346 g/mol. The first-order valence-corrected chi connectivity index (χ1v) is 8.02. The molecule has 0 aromatic heterocycles. The van der Waals surface area contributed by atoms with Crippen molar-refractivity contribution in [3.8, 4) is 0 Å². The van der Waals surface area contributed by atoms with E-state index in [4.69, 9.17) is 9.47 Å². The molecule has 0 saturated carbocycles. The van der Waals surface area contributed by atoms with Crippen LogP contribution in [0.3, 0.4) is 0 Å². The molecule has 140 valence electrons. The Morgan fingerprint density at radius 2 is 1.96 bits per heavy atom. The second kappa shape index (κ2) is 8.13. The van der Waals surface area contributed by atoms with Gasteiger partial charge in [-0.25, -0.2) is 9.59 Å². The summed E-state index contributed by atoms with van der Waals surface area (Å²) in [6.45, 7) is 8.76. The summed E-state index contributed by atoms with van der Waals surface area (Å²) in [5.74, 6) is -0.426. The molecule has 1 amide bonds. The number of hydrogen-bond donors (Lipinski definition) is 1. The van der Waals surface area contributed by atoms with Gasteiger partial charge in [-0.15, -0.1) is 0 Å². The lowest BCUT2D eigenvalue weighted by Gasteiger charge is -2.38. The Kier molecular flexibility index (Phi) is 7.00. The molecule has 1 saturated heterocycles. The summed E-state index contributed by atoms with van der Waals surface area (Å²) < 4.78 is 15.3. The van der Waals surface area contributed by atoms with Crippen LogP contribution in [0.4, 0.5) is 4.79 Å². The van der Waals surface area contributed by atoms with Crippen LogP contribution in [0.5, 0.6) is 0 Å². The van der Waals surface area contributed by atoms with Crippen LogP contribution in [0.25, 0.3) is 0 Å². The highest BCUT2D eigenvalue weighted by molar-refractivity contribution is 5.74. The fourth-order valence-corrected chi connectivity index (χ4v) is 2.57. The SMILES string of the molecule is COC(=O)[C@@H]1CN(C[C@](C)(O)CN(C)C(=O)OC(C)(C)C)CCO1. The van der Waals surface area contributed by atoms with Gasteiger partial charge in [0.15, 0.2) is 6.10 Å². The van der Waals surface area contributed by atoms with E-state index < -0.39 is 29.4 Å². The molecule has 1 aliphatic rings. The predicted molar refractivity (Wildman–Crippen MR) is 87.7 cm³/mol. The van der Waals surface area contributed by atoms with Crippen molar-refractivity contribution in [3.05, 3.63) is 0 Å². The average Bonchev–Trinajstić information content (AvgIpc) is 2.43. The van der Waals surface area contributed by atoms with Gasteiger partial charge in [0.25, 0.3) is 0 Å². The number of ether oxygens (including phenoxy) is 3. The van der Waals surface area contributed by atoms with Gasteiger partial charge >= 0.3 is 12.1 Å². The second-order valence-electron chi connectivity index (χ2n) is 7.45. The summed E-state index contributed by atoms with van der Waals surface area (Å²) in [6, 6.07) is 0. The molecule has 1 rings (SSSR count). The normalized spacial score (nSPS) is 21.7. The van der Waals surface area contributed by atoms with E-state index in [0.29, 0.717) is 26.2 Å². The van der Waals surface area contributed by atoms with Crippen LogP contribution >= 0.6 is 0 Å². The van der Waals surface area contributed by atoms with E-state index in [0.717, 1.165) is 0 Å². The molecule has 2 atom stereocenters. The van der Waals surface area contributed by atoms with Gasteiger partial charge in [-0.2, -0.15) is 0 Å². The van der Waals surface area contributed by atoms with Crippen LogP contribution < -0.4 is 0 Å². The van der Waals surface area contributed by atoms with Gasteiger partial charge in [-0.3, -0.25) is 4.90 Å². The molecular formula is C16H30N2O6. The maximum Gasteiger partial charge on any atom is 0.410 e. The van der Waals surface area contributed by atoms with Gasteiger partial charge in [0, 0.05) is 26.7 Å². The number of amides is 1. The fraction of sp³-hybridized carbons (Fsp3) is 0.875. The molecule has 1 N–H and O–H groups in total. The van der Waals surface area contributed by atoms with E-state index >= 15 is 0 Å². The lowest BCUT2D eigenvalue weighted by atomic mass is 10.1.